The van der Waals surface area contributed by atoms with E-state index in [4.69, 9.17) is 9.47 Å². The predicted molar refractivity (Wildman–Crippen MR) is 147 cm³/mol. The molecule has 0 amide bonds. The second-order valence-corrected chi connectivity index (χ2v) is 11.9. The van der Waals surface area contributed by atoms with Gasteiger partial charge in [0.25, 0.3) is 0 Å². The molecule has 3 aromatic carbocycles. The molecular weight excluding hydrogens is 479 g/mol. The minimum absolute atomic E-state index is 0.117. The van der Waals surface area contributed by atoms with Crippen LogP contribution in [0.1, 0.15) is 81.0 Å². The third-order valence-electron chi connectivity index (χ3n) is 8.84. The Bertz CT molecular complexity index is 1360. The molecule has 5 rings (SSSR count). The van der Waals surface area contributed by atoms with Crippen molar-refractivity contribution < 1.29 is 23.8 Å². The van der Waals surface area contributed by atoms with Gasteiger partial charge in [0.2, 0.25) is 0 Å². The summed E-state index contributed by atoms with van der Waals surface area (Å²) in [4.78, 5) is 11.5. The van der Waals surface area contributed by atoms with Gasteiger partial charge < -0.3 is 14.6 Å². The van der Waals surface area contributed by atoms with Crippen LogP contribution in [-0.2, 0) is 23.2 Å². The SMILES string of the molecule is COc1ccc(F)c(-c2ccc(COc3ccc4c(c3)C(C)(CC(=O)O)CC4)cc2C2CCCC2(C)C)c1. The number of rotatable bonds is 8. The van der Waals surface area contributed by atoms with Crippen LogP contribution in [0.4, 0.5) is 4.39 Å². The van der Waals surface area contributed by atoms with Crippen LogP contribution in [0, 0.1) is 11.2 Å². The normalized spacial score (nSPS) is 21.8. The largest absolute Gasteiger partial charge is 0.497 e. The van der Waals surface area contributed by atoms with Crippen molar-refractivity contribution in [1.82, 2.24) is 0 Å². The lowest BCUT2D eigenvalue weighted by atomic mass is 9.75. The summed E-state index contributed by atoms with van der Waals surface area (Å²) in [6, 6.07) is 17.2. The lowest BCUT2D eigenvalue weighted by molar-refractivity contribution is -0.138. The summed E-state index contributed by atoms with van der Waals surface area (Å²) >= 11 is 0. The average molecular weight is 517 g/mol. The van der Waals surface area contributed by atoms with E-state index in [1.165, 1.54) is 11.6 Å². The maximum absolute atomic E-state index is 15.1. The highest BCUT2D eigenvalue weighted by molar-refractivity contribution is 5.71. The first-order valence-corrected chi connectivity index (χ1v) is 13.5. The summed E-state index contributed by atoms with van der Waals surface area (Å²) in [5.41, 5.74) is 5.69. The molecule has 0 radical (unpaired) electrons. The van der Waals surface area contributed by atoms with Gasteiger partial charge in [0.15, 0.2) is 0 Å². The van der Waals surface area contributed by atoms with Crippen LogP contribution >= 0.6 is 0 Å². The smallest absolute Gasteiger partial charge is 0.304 e. The van der Waals surface area contributed by atoms with E-state index in [9.17, 15) is 9.90 Å². The number of methoxy groups -OCH3 is 1. The minimum atomic E-state index is -0.776. The molecule has 0 aromatic heterocycles. The molecule has 1 saturated carbocycles. The third-order valence-corrected chi connectivity index (χ3v) is 8.84. The molecule has 3 aromatic rings. The maximum atomic E-state index is 15.1. The van der Waals surface area contributed by atoms with Crippen LogP contribution in [0.2, 0.25) is 0 Å². The second kappa shape index (κ2) is 10.1. The number of carboxylic acids is 1. The molecule has 2 aliphatic rings. The van der Waals surface area contributed by atoms with Crippen LogP contribution in [0.5, 0.6) is 11.5 Å². The molecule has 200 valence electrons. The summed E-state index contributed by atoms with van der Waals surface area (Å²) in [5, 5.41) is 9.43. The third kappa shape index (κ3) is 5.03. The first-order chi connectivity index (χ1) is 18.1. The van der Waals surface area contributed by atoms with Crippen LogP contribution in [0.15, 0.2) is 54.6 Å². The monoisotopic (exact) mass is 516 g/mol. The molecule has 0 spiro atoms. The van der Waals surface area contributed by atoms with Gasteiger partial charge >= 0.3 is 5.97 Å². The molecule has 0 saturated heterocycles. The molecule has 0 aliphatic heterocycles. The number of aryl methyl sites for hydroxylation is 1. The van der Waals surface area contributed by atoms with Gasteiger partial charge in [-0.1, -0.05) is 51.5 Å². The molecule has 1 N–H and O–H groups in total. The van der Waals surface area contributed by atoms with Crippen molar-refractivity contribution in [2.24, 2.45) is 5.41 Å². The Morgan fingerprint density at radius 3 is 2.50 bits per heavy atom. The number of carbonyl (C=O) groups is 1. The number of carboxylic acid groups (broad SMARTS) is 1. The Morgan fingerprint density at radius 2 is 1.79 bits per heavy atom. The van der Waals surface area contributed by atoms with Crippen LogP contribution < -0.4 is 9.47 Å². The number of fused-ring (bicyclic) bond motifs is 1. The molecule has 5 heteroatoms. The zero-order valence-electron chi connectivity index (χ0n) is 22.8. The number of aliphatic carboxylic acids is 1. The Morgan fingerprint density at radius 1 is 1.00 bits per heavy atom. The predicted octanol–water partition coefficient (Wildman–Crippen LogP) is 8.05. The van der Waals surface area contributed by atoms with Crippen molar-refractivity contribution >= 4 is 5.97 Å². The zero-order valence-corrected chi connectivity index (χ0v) is 22.8. The van der Waals surface area contributed by atoms with Crippen molar-refractivity contribution in [2.45, 2.75) is 77.2 Å². The van der Waals surface area contributed by atoms with Crippen LogP contribution in [-0.4, -0.2) is 18.2 Å². The molecule has 38 heavy (non-hydrogen) atoms. The van der Waals surface area contributed by atoms with E-state index >= 15 is 4.39 Å². The van der Waals surface area contributed by atoms with Gasteiger partial charge in [-0.05, 0) is 95.2 Å². The van der Waals surface area contributed by atoms with E-state index in [1.54, 1.807) is 19.2 Å². The van der Waals surface area contributed by atoms with Crippen LogP contribution in [0.25, 0.3) is 11.1 Å². The lowest BCUT2D eigenvalue weighted by Gasteiger charge is -2.30. The van der Waals surface area contributed by atoms with Crippen LogP contribution in [0.3, 0.4) is 0 Å². The highest BCUT2D eigenvalue weighted by atomic mass is 19.1. The molecule has 4 nitrogen and oxygen atoms in total. The molecule has 2 unspecified atom stereocenters. The number of hydrogen-bond acceptors (Lipinski definition) is 3. The first-order valence-electron chi connectivity index (χ1n) is 13.5. The number of benzene rings is 3. The van der Waals surface area contributed by atoms with Crippen molar-refractivity contribution in [3.05, 3.63) is 82.7 Å². The van der Waals surface area contributed by atoms with Crippen molar-refractivity contribution in [3.8, 4) is 22.6 Å². The quantitative estimate of drug-likeness (QED) is 0.329. The Labute approximate surface area is 224 Å². The first kappa shape index (κ1) is 26.3. The van der Waals surface area contributed by atoms with Gasteiger partial charge in [0, 0.05) is 11.0 Å². The summed E-state index contributed by atoms with van der Waals surface area (Å²) in [5.74, 6) is 0.667. The standard InChI is InChI=1S/C33H37FO4/c1-32(2)14-5-6-28(32)26-16-21(7-11-25(26)27-17-23(37-4)10-12-30(27)34)20-38-24-9-8-22-13-15-33(3,19-31(35)36)29(22)18-24/h7-12,16-18,28H,5-6,13-15,19-20H2,1-4H3,(H,35,36). The lowest BCUT2D eigenvalue weighted by Crippen LogP contribution is -2.22. The number of hydrogen-bond donors (Lipinski definition) is 1. The van der Waals surface area contributed by atoms with Crippen molar-refractivity contribution in [3.63, 3.8) is 0 Å². The maximum Gasteiger partial charge on any atom is 0.304 e. The van der Waals surface area contributed by atoms with Gasteiger partial charge in [-0.15, -0.1) is 0 Å². The summed E-state index contributed by atoms with van der Waals surface area (Å²) in [7, 11) is 1.60. The molecule has 2 atom stereocenters. The molecule has 0 heterocycles. The molecule has 0 bridgehead atoms. The van der Waals surface area contributed by atoms with Gasteiger partial charge in [-0.3, -0.25) is 4.79 Å². The minimum Gasteiger partial charge on any atom is -0.497 e. The molecule has 2 aliphatic carbocycles. The van der Waals surface area contributed by atoms with E-state index in [1.807, 2.05) is 31.2 Å². The summed E-state index contributed by atoms with van der Waals surface area (Å²) in [6.45, 7) is 7.02. The van der Waals surface area contributed by atoms with E-state index in [2.05, 4.69) is 26.0 Å². The Hall–Kier alpha value is -3.34. The fourth-order valence-electron chi connectivity index (χ4n) is 6.63. The van der Waals surface area contributed by atoms with E-state index in [-0.39, 0.29) is 23.1 Å². The summed E-state index contributed by atoms with van der Waals surface area (Å²) in [6.07, 6.45) is 5.21. The number of halogens is 1. The second-order valence-electron chi connectivity index (χ2n) is 11.9. The van der Waals surface area contributed by atoms with Gasteiger partial charge in [0.05, 0.1) is 13.5 Å². The van der Waals surface area contributed by atoms with E-state index < -0.39 is 5.97 Å². The fourth-order valence-corrected chi connectivity index (χ4v) is 6.63. The van der Waals surface area contributed by atoms with Crippen molar-refractivity contribution in [2.75, 3.05) is 7.11 Å². The zero-order chi connectivity index (χ0) is 27.1. The highest BCUT2D eigenvalue weighted by Crippen LogP contribution is 2.51. The van der Waals surface area contributed by atoms with Gasteiger partial charge in [-0.2, -0.15) is 0 Å². The number of ether oxygens (including phenoxy) is 2. The Balaban J connectivity index is 1.46. The molecular formula is C33H37FO4. The average Bonchev–Trinajstić information content (AvgIpc) is 3.40. The Kier molecular flexibility index (Phi) is 6.97. The highest BCUT2D eigenvalue weighted by Gasteiger charge is 2.38. The van der Waals surface area contributed by atoms with Crippen molar-refractivity contribution in [1.29, 1.82) is 0 Å². The van der Waals surface area contributed by atoms with E-state index in [0.717, 1.165) is 60.1 Å². The topological polar surface area (TPSA) is 55.8 Å². The van der Waals surface area contributed by atoms with Gasteiger partial charge in [0.1, 0.15) is 23.9 Å². The summed E-state index contributed by atoms with van der Waals surface area (Å²) < 4.78 is 26.7. The van der Waals surface area contributed by atoms with Gasteiger partial charge in [-0.25, -0.2) is 4.39 Å². The van der Waals surface area contributed by atoms with E-state index in [0.29, 0.717) is 23.8 Å². The fraction of sp³-hybridized carbons (Fsp3) is 0.424. The molecule has 1 fully saturated rings.